The third kappa shape index (κ3) is 5.74. The van der Waals surface area contributed by atoms with E-state index in [4.69, 9.17) is 5.11 Å². The van der Waals surface area contributed by atoms with Crippen LogP contribution in [-0.4, -0.2) is 68.0 Å². The summed E-state index contributed by atoms with van der Waals surface area (Å²) in [6, 6.07) is -0.0552. The molecule has 1 aliphatic heterocycles. The van der Waals surface area contributed by atoms with E-state index in [9.17, 15) is 13.2 Å². The fraction of sp³-hybridized carbons (Fsp3) is 0.917. The summed E-state index contributed by atoms with van der Waals surface area (Å²) in [5, 5.41) is 8.58. The van der Waals surface area contributed by atoms with Crippen molar-refractivity contribution in [2.45, 2.75) is 38.6 Å². The Kier molecular flexibility index (Phi) is 6.87. The molecule has 118 valence electrons. The van der Waals surface area contributed by atoms with Gasteiger partial charge >= 0.3 is 5.97 Å². The summed E-state index contributed by atoms with van der Waals surface area (Å²) in [5.41, 5.74) is 0. The van der Waals surface area contributed by atoms with Gasteiger partial charge in [-0.25, -0.2) is 0 Å². The molecule has 0 amide bonds. The molecule has 0 aliphatic carbocycles. The van der Waals surface area contributed by atoms with Gasteiger partial charge in [0.1, 0.15) is 0 Å². The topological polar surface area (TPSA) is 90.0 Å². The SMILES string of the molecule is CCCN1CCC(NS(=O)(=O)N(C)CCC(=O)O)CC1. The lowest BCUT2D eigenvalue weighted by Gasteiger charge is -2.32. The van der Waals surface area contributed by atoms with E-state index in [1.807, 2.05) is 0 Å². The summed E-state index contributed by atoms with van der Waals surface area (Å²) in [6.45, 7) is 4.98. The predicted molar refractivity (Wildman–Crippen MR) is 76.7 cm³/mol. The first-order valence-electron chi connectivity index (χ1n) is 7.03. The Morgan fingerprint density at radius 1 is 1.40 bits per heavy atom. The summed E-state index contributed by atoms with van der Waals surface area (Å²) >= 11 is 0. The lowest BCUT2D eigenvalue weighted by atomic mass is 10.1. The second-order valence-electron chi connectivity index (χ2n) is 5.20. The number of nitrogens with zero attached hydrogens (tertiary/aromatic N) is 2. The van der Waals surface area contributed by atoms with Crippen LogP contribution >= 0.6 is 0 Å². The van der Waals surface area contributed by atoms with Crippen LogP contribution in [0, 0.1) is 0 Å². The molecule has 0 aromatic rings. The molecule has 1 saturated heterocycles. The first-order chi connectivity index (χ1) is 9.35. The minimum absolute atomic E-state index is 0.0145. The first-order valence-corrected chi connectivity index (χ1v) is 8.47. The van der Waals surface area contributed by atoms with Crippen LogP contribution in [0.3, 0.4) is 0 Å². The van der Waals surface area contributed by atoms with Crippen molar-refractivity contribution in [1.29, 1.82) is 0 Å². The minimum atomic E-state index is -3.58. The largest absolute Gasteiger partial charge is 0.481 e. The summed E-state index contributed by atoms with van der Waals surface area (Å²) in [6.07, 6.45) is 2.51. The van der Waals surface area contributed by atoms with E-state index in [0.717, 1.165) is 43.2 Å². The highest BCUT2D eigenvalue weighted by molar-refractivity contribution is 7.87. The van der Waals surface area contributed by atoms with Gasteiger partial charge in [0, 0.05) is 19.6 Å². The third-order valence-electron chi connectivity index (χ3n) is 3.49. The molecule has 2 N–H and O–H groups in total. The molecular weight excluding hydrogens is 282 g/mol. The van der Waals surface area contributed by atoms with Crippen molar-refractivity contribution in [2.24, 2.45) is 0 Å². The van der Waals surface area contributed by atoms with Crippen LogP contribution in [0.15, 0.2) is 0 Å². The van der Waals surface area contributed by atoms with Crippen molar-refractivity contribution in [3.8, 4) is 0 Å². The molecule has 0 saturated carbocycles. The van der Waals surface area contributed by atoms with E-state index in [-0.39, 0.29) is 19.0 Å². The Balaban J connectivity index is 2.41. The van der Waals surface area contributed by atoms with Crippen molar-refractivity contribution in [2.75, 3.05) is 33.2 Å². The van der Waals surface area contributed by atoms with Crippen LogP contribution in [0.1, 0.15) is 32.6 Å². The van der Waals surface area contributed by atoms with Gasteiger partial charge in [0.15, 0.2) is 0 Å². The average Bonchev–Trinajstić information content (AvgIpc) is 2.38. The normalized spacial score (nSPS) is 18.6. The second-order valence-corrected chi connectivity index (χ2v) is 7.01. The zero-order valence-corrected chi connectivity index (χ0v) is 13.0. The first kappa shape index (κ1) is 17.4. The van der Waals surface area contributed by atoms with Crippen molar-refractivity contribution < 1.29 is 18.3 Å². The molecule has 0 radical (unpaired) electrons. The summed E-state index contributed by atoms with van der Waals surface area (Å²) in [7, 11) is -2.18. The maximum Gasteiger partial charge on any atom is 0.304 e. The number of piperidine rings is 1. The zero-order chi connectivity index (χ0) is 15.2. The van der Waals surface area contributed by atoms with Gasteiger partial charge < -0.3 is 10.0 Å². The zero-order valence-electron chi connectivity index (χ0n) is 12.2. The highest BCUT2D eigenvalue weighted by Crippen LogP contribution is 2.12. The molecule has 1 rings (SSSR count). The summed E-state index contributed by atoms with van der Waals surface area (Å²) < 4.78 is 27.8. The van der Waals surface area contributed by atoms with Crippen molar-refractivity contribution in [1.82, 2.24) is 13.9 Å². The molecular formula is C12H25N3O4S. The van der Waals surface area contributed by atoms with Gasteiger partial charge in [-0.2, -0.15) is 17.4 Å². The van der Waals surface area contributed by atoms with Gasteiger partial charge in [-0.05, 0) is 38.9 Å². The quantitative estimate of drug-likeness (QED) is 0.664. The highest BCUT2D eigenvalue weighted by atomic mass is 32.2. The number of nitrogens with one attached hydrogen (secondary N) is 1. The number of carboxylic acids is 1. The maximum absolute atomic E-state index is 12.0. The number of likely N-dealkylation sites (tertiary alicyclic amines) is 1. The van der Waals surface area contributed by atoms with E-state index >= 15 is 0 Å². The molecule has 7 nitrogen and oxygen atoms in total. The number of hydrogen-bond donors (Lipinski definition) is 2. The Morgan fingerprint density at radius 3 is 2.50 bits per heavy atom. The molecule has 0 unspecified atom stereocenters. The Morgan fingerprint density at radius 2 is 2.00 bits per heavy atom. The molecule has 0 atom stereocenters. The molecule has 0 bridgehead atoms. The number of aliphatic carboxylic acids is 1. The van der Waals surface area contributed by atoms with E-state index in [1.165, 1.54) is 7.05 Å². The van der Waals surface area contributed by atoms with E-state index in [0.29, 0.717) is 0 Å². The molecule has 8 heteroatoms. The van der Waals surface area contributed by atoms with Gasteiger partial charge in [-0.15, -0.1) is 0 Å². The van der Waals surface area contributed by atoms with Crippen LogP contribution in [0.25, 0.3) is 0 Å². The van der Waals surface area contributed by atoms with Crippen LogP contribution in [0.4, 0.5) is 0 Å². The smallest absolute Gasteiger partial charge is 0.304 e. The lowest BCUT2D eigenvalue weighted by Crippen LogP contribution is -2.49. The molecule has 1 heterocycles. The lowest BCUT2D eigenvalue weighted by molar-refractivity contribution is -0.137. The van der Waals surface area contributed by atoms with Crippen LogP contribution in [-0.2, 0) is 15.0 Å². The van der Waals surface area contributed by atoms with E-state index in [2.05, 4.69) is 16.5 Å². The fourth-order valence-electron chi connectivity index (χ4n) is 2.26. The fourth-order valence-corrected chi connectivity index (χ4v) is 3.43. The molecule has 1 aliphatic rings. The second kappa shape index (κ2) is 7.92. The number of hydrogen-bond acceptors (Lipinski definition) is 4. The number of carbonyl (C=O) groups is 1. The maximum atomic E-state index is 12.0. The van der Waals surface area contributed by atoms with E-state index < -0.39 is 16.2 Å². The van der Waals surface area contributed by atoms with Gasteiger partial charge in [-0.3, -0.25) is 4.79 Å². The monoisotopic (exact) mass is 307 g/mol. The summed E-state index contributed by atoms with van der Waals surface area (Å²) in [4.78, 5) is 12.8. The van der Waals surface area contributed by atoms with Gasteiger partial charge in [0.2, 0.25) is 0 Å². The van der Waals surface area contributed by atoms with Crippen molar-refractivity contribution >= 4 is 16.2 Å². The molecule has 0 aromatic carbocycles. The van der Waals surface area contributed by atoms with Crippen LogP contribution < -0.4 is 4.72 Å². The van der Waals surface area contributed by atoms with Crippen molar-refractivity contribution in [3.05, 3.63) is 0 Å². The standard InChI is InChI=1S/C12H25N3O4S/c1-3-7-15-9-4-11(5-10-15)13-20(18,19)14(2)8-6-12(16)17/h11,13H,3-10H2,1-2H3,(H,16,17). The third-order valence-corrected chi connectivity index (χ3v) is 5.13. The van der Waals surface area contributed by atoms with Gasteiger partial charge in [0.25, 0.3) is 10.2 Å². The van der Waals surface area contributed by atoms with Crippen molar-refractivity contribution in [3.63, 3.8) is 0 Å². The van der Waals surface area contributed by atoms with Gasteiger partial charge in [0.05, 0.1) is 6.42 Å². The molecule has 0 spiro atoms. The highest BCUT2D eigenvalue weighted by Gasteiger charge is 2.25. The minimum Gasteiger partial charge on any atom is -0.481 e. The molecule has 20 heavy (non-hydrogen) atoms. The predicted octanol–water partition coefficient (Wildman–Crippen LogP) is 0.102. The van der Waals surface area contributed by atoms with Crippen LogP contribution in [0.5, 0.6) is 0 Å². The Bertz CT molecular complexity index is 405. The van der Waals surface area contributed by atoms with Gasteiger partial charge in [-0.1, -0.05) is 6.92 Å². The van der Waals surface area contributed by atoms with E-state index in [1.54, 1.807) is 0 Å². The average molecular weight is 307 g/mol. The summed E-state index contributed by atoms with van der Waals surface area (Å²) in [5.74, 6) is -1.00. The molecule has 0 aromatic heterocycles. The molecule has 1 fully saturated rings. The van der Waals surface area contributed by atoms with Crippen LogP contribution in [0.2, 0.25) is 0 Å². The number of carboxylic acid groups (broad SMARTS) is 1. The number of rotatable bonds is 8. The Labute approximate surface area is 121 Å². The Hall–Kier alpha value is -0.700.